The number of hydrogen-bond acceptors (Lipinski definition) is 8. The van der Waals surface area contributed by atoms with E-state index >= 15 is 0 Å². The summed E-state index contributed by atoms with van der Waals surface area (Å²) in [5.74, 6) is 0.454. The lowest BCUT2D eigenvalue weighted by molar-refractivity contribution is -0.111. The zero-order chi connectivity index (χ0) is 24.2. The van der Waals surface area contributed by atoms with Crippen molar-refractivity contribution in [1.82, 2.24) is 15.0 Å². The van der Waals surface area contributed by atoms with Crippen LogP contribution in [0.25, 0.3) is 22.2 Å². The molecule has 9 heteroatoms. The van der Waals surface area contributed by atoms with Crippen LogP contribution in [0.4, 0.5) is 28.8 Å². The van der Waals surface area contributed by atoms with Gasteiger partial charge in [0.15, 0.2) is 0 Å². The van der Waals surface area contributed by atoms with Gasteiger partial charge in [-0.2, -0.15) is 4.98 Å². The van der Waals surface area contributed by atoms with E-state index in [0.29, 0.717) is 41.9 Å². The van der Waals surface area contributed by atoms with Crippen LogP contribution in [0.5, 0.6) is 0 Å². The van der Waals surface area contributed by atoms with Crippen molar-refractivity contribution in [3.8, 4) is 11.3 Å². The van der Waals surface area contributed by atoms with Crippen molar-refractivity contribution in [1.29, 1.82) is 0 Å². The zero-order valence-electron chi connectivity index (χ0n) is 19.1. The van der Waals surface area contributed by atoms with E-state index < -0.39 is 0 Å². The number of nitrogens with two attached hydrogens (primary N) is 1. The number of pyridine rings is 1. The monoisotopic (exact) mass is 467 g/mol. The Labute approximate surface area is 202 Å². The lowest BCUT2D eigenvalue weighted by Crippen LogP contribution is -2.36. The van der Waals surface area contributed by atoms with E-state index in [-0.39, 0.29) is 5.91 Å². The Bertz CT molecular complexity index is 1400. The summed E-state index contributed by atoms with van der Waals surface area (Å²) in [6.07, 6.45) is 2.85. The third kappa shape index (κ3) is 4.75. The van der Waals surface area contributed by atoms with Crippen LogP contribution in [0, 0.1) is 0 Å². The number of fused-ring (bicyclic) bond motifs is 1. The Kier molecular flexibility index (Phi) is 6.23. The number of morpholine rings is 1. The number of nitrogen functional groups attached to an aromatic ring is 1. The van der Waals surface area contributed by atoms with Crippen LogP contribution in [0.2, 0.25) is 0 Å². The smallest absolute Gasteiger partial charge is 0.247 e. The number of nitrogens with zero attached hydrogens (tertiary/aromatic N) is 4. The first-order valence-electron chi connectivity index (χ1n) is 11.3. The molecule has 0 aliphatic carbocycles. The van der Waals surface area contributed by atoms with E-state index in [1.54, 1.807) is 18.3 Å². The van der Waals surface area contributed by atoms with Crippen LogP contribution < -0.4 is 21.3 Å². The quantitative estimate of drug-likeness (QED) is 0.365. The van der Waals surface area contributed by atoms with E-state index in [1.165, 1.54) is 6.08 Å². The topological polar surface area (TPSA) is 118 Å². The minimum absolute atomic E-state index is 0.294. The van der Waals surface area contributed by atoms with Crippen LogP contribution in [0.3, 0.4) is 0 Å². The van der Waals surface area contributed by atoms with Gasteiger partial charge in [0.05, 0.1) is 35.8 Å². The molecule has 0 spiro atoms. The van der Waals surface area contributed by atoms with E-state index in [0.717, 1.165) is 35.4 Å². The van der Waals surface area contributed by atoms with Crippen molar-refractivity contribution in [3.63, 3.8) is 0 Å². The highest BCUT2D eigenvalue weighted by Gasteiger charge is 2.17. The number of amides is 1. The minimum Gasteiger partial charge on any atom is -0.383 e. The van der Waals surface area contributed by atoms with Crippen molar-refractivity contribution in [3.05, 3.63) is 73.4 Å². The Morgan fingerprint density at radius 3 is 2.74 bits per heavy atom. The Morgan fingerprint density at radius 1 is 1.09 bits per heavy atom. The number of carbonyl (C=O) groups is 1. The fourth-order valence-electron chi connectivity index (χ4n) is 4.07. The molecule has 1 aliphatic heterocycles. The predicted octanol–water partition coefficient (Wildman–Crippen LogP) is 3.98. The summed E-state index contributed by atoms with van der Waals surface area (Å²) in [6, 6.07) is 17.2. The molecule has 0 saturated carbocycles. The molecule has 5 rings (SSSR count). The molecule has 0 unspecified atom stereocenters. The van der Waals surface area contributed by atoms with Crippen molar-refractivity contribution in [2.24, 2.45) is 0 Å². The Balaban J connectivity index is 1.54. The molecule has 176 valence electrons. The summed E-state index contributed by atoms with van der Waals surface area (Å²) in [5, 5.41) is 6.83. The number of ether oxygens (including phenoxy) is 1. The molecule has 2 aromatic heterocycles. The largest absolute Gasteiger partial charge is 0.383 e. The molecule has 1 amide bonds. The lowest BCUT2D eigenvalue weighted by Gasteiger charge is -2.30. The average molecular weight is 468 g/mol. The van der Waals surface area contributed by atoms with Gasteiger partial charge in [0.2, 0.25) is 11.9 Å². The van der Waals surface area contributed by atoms with Gasteiger partial charge in [-0.1, -0.05) is 30.8 Å². The molecular formula is C26H25N7O2. The van der Waals surface area contributed by atoms with Crippen molar-refractivity contribution in [2.75, 3.05) is 47.6 Å². The summed E-state index contributed by atoms with van der Waals surface area (Å²) >= 11 is 0. The number of carbonyl (C=O) groups excluding carboxylic acids is 1. The molecular weight excluding hydrogens is 442 g/mol. The lowest BCUT2D eigenvalue weighted by atomic mass is 10.1. The minimum atomic E-state index is -0.294. The molecule has 1 saturated heterocycles. The van der Waals surface area contributed by atoms with Crippen LogP contribution >= 0.6 is 0 Å². The van der Waals surface area contributed by atoms with Crippen LogP contribution in [0.1, 0.15) is 0 Å². The maximum atomic E-state index is 11.7. The van der Waals surface area contributed by atoms with Crippen LogP contribution in [-0.4, -0.2) is 47.2 Å². The number of anilines is 5. The van der Waals surface area contributed by atoms with Crippen LogP contribution in [0.15, 0.2) is 73.4 Å². The first kappa shape index (κ1) is 22.3. The first-order valence-corrected chi connectivity index (χ1v) is 11.3. The second kappa shape index (κ2) is 9.78. The second-order valence-corrected chi connectivity index (χ2v) is 8.00. The summed E-state index contributed by atoms with van der Waals surface area (Å²) in [5.41, 5.74) is 11.0. The molecule has 4 N–H and O–H groups in total. The van der Waals surface area contributed by atoms with Crippen molar-refractivity contribution in [2.45, 2.75) is 0 Å². The highest BCUT2D eigenvalue weighted by atomic mass is 16.5. The highest BCUT2D eigenvalue weighted by molar-refractivity contribution is 6.01. The van der Waals surface area contributed by atoms with Gasteiger partial charge in [-0.05, 0) is 36.4 Å². The molecule has 2 aromatic carbocycles. The molecule has 1 fully saturated rings. The van der Waals surface area contributed by atoms with Gasteiger partial charge in [-0.3, -0.25) is 9.78 Å². The van der Waals surface area contributed by atoms with Gasteiger partial charge in [-0.25, -0.2) is 4.98 Å². The first-order chi connectivity index (χ1) is 17.1. The van der Waals surface area contributed by atoms with E-state index in [9.17, 15) is 4.79 Å². The van der Waals surface area contributed by atoms with Gasteiger partial charge in [0.1, 0.15) is 5.82 Å². The number of para-hydroxylation sites is 3. The van der Waals surface area contributed by atoms with E-state index in [2.05, 4.69) is 38.1 Å². The van der Waals surface area contributed by atoms with E-state index in [1.807, 2.05) is 36.4 Å². The molecule has 9 nitrogen and oxygen atoms in total. The number of hydrogen-bond donors (Lipinski definition) is 3. The Morgan fingerprint density at radius 2 is 1.91 bits per heavy atom. The standard InChI is InChI=1S/C26H25N7O2/c1-2-23(34)29-17-10-11-28-21(16-17)18-6-5-7-19-24(18)31-26(32-25(19)27)30-20-8-3-4-9-22(20)33-12-14-35-15-13-33/h2-11,16H,1,12-15H2,(H,28,29,34)(H3,27,30,31,32). The molecule has 1 aliphatic rings. The van der Waals surface area contributed by atoms with E-state index in [4.69, 9.17) is 15.5 Å². The number of rotatable bonds is 6. The Hall–Kier alpha value is -4.50. The summed E-state index contributed by atoms with van der Waals surface area (Å²) < 4.78 is 5.50. The third-order valence-corrected chi connectivity index (χ3v) is 5.75. The normalized spacial score (nSPS) is 13.4. The van der Waals surface area contributed by atoms with Gasteiger partial charge >= 0.3 is 0 Å². The summed E-state index contributed by atoms with van der Waals surface area (Å²) in [6.45, 7) is 6.50. The van der Waals surface area contributed by atoms with Crippen molar-refractivity contribution < 1.29 is 9.53 Å². The third-order valence-electron chi connectivity index (χ3n) is 5.75. The number of aromatic nitrogens is 3. The predicted molar refractivity (Wildman–Crippen MR) is 139 cm³/mol. The van der Waals surface area contributed by atoms with Gasteiger partial charge < -0.3 is 26.0 Å². The maximum absolute atomic E-state index is 11.7. The zero-order valence-corrected chi connectivity index (χ0v) is 19.1. The van der Waals surface area contributed by atoms with Crippen LogP contribution in [-0.2, 0) is 9.53 Å². The molecule has 4 aromatic rings. The maximum Gasteiger partial charge on any atom is 0.247 e. The van der Waals surface area contributed by atoms with Gasteiger partial charge in [0, 0.05) is 35.9 Å². The molecule has 0 bridgehead atoms. The fourth-order valence-corrected chi connectivity index (χ4v) is 4.07. The average Bonchev–Trinajstić information content (AvgIpc) is 2.89. The molecule has 35 heavy (non-hydrogen) atoms. The SMILES string of the molecule is C=CC(=O)Nc1ccnc(-c2cccc3c(N)nc(Nc4ccccc4N4CCOCC4)nc23)c1. The van der Waals surface area contributed by atoms with Crippen molar-refractivity contribution >= 4 is 45.6 Å². The molecule has 0 atom stereocenters. The van der Waals surface area contributed by atoms with Gasteiger partial charge in [-0.15, -0.1) is 0 Å². The highest BCUT2D eigenvalue weighted by Crippen LogP contribution is 2.33. The van der Waals surface area contributed by atoms with Gasteiger partial charge in [0.25, 0.3) is 0 Å². The number of nitrogens with one attached hydrogen (secondary N) is 2. The molecule has 0 radical (unpaired) electrons. The molecule has 3 heterocycles. The summed E-state index contributed by atoms with van der Waals surface area (Å²) in [4.78, 5) is 27.8. The summed E-state index contributed by atoms with van der Waals surface area (Å²) in [7, 11) is 0. The fraction of sp³-hybridized carbons (Fsp3) is 0.154. The number of benzene rings is 2. The second-order valence-electron chi connectivity index (χ2n) is 8.00.